The van der Waals surface area contributed by atoms with Gasteiger partial charge in [0.15, 0.2) is 0 Å². The van der Waals surface area contributed by atoms with Gasteiger partial charge >= 0.3 is 0 Å². The first-order chi connectivity index (χ1) is 9.10. The van der Waals surface area contributed by atoms with Crippen LogP contribution in [-0.4, -0.2) is 35.6 Å². The molecule has 1 unspecified atom stereocenters. The van der Waals surface area contributed by atoms with Gasteiger partial charge in [0.25, 0.3) is 0 Å². The Kier molecular flexibility index (Phi) is 5.19. The second kappa shape index (κ2) is 6.68. The minimum atomic E-state index is 0.424. The number of thiocarbonyl (C=S) groups is 1. The van der Waals surface area contributed by atoms with Crippen LogP contribution in [0.25, 0.3) is 0 Å². The van der Waals surface area contributed by atoms with Gasteiger partial charge in [-0.15, -0.1) is 0 Å². The first kappa shape index (κ1) is 14.8. The predicted molar refractivity (Wildman–Crippen MR) is 88.8 cm³/mol. The molecular weight excluding hydrogens is 322 g/mol. The van der Waals surface area contributed by atoms with E-state index in [-0.39, 0.29) is 0 Å². The highest BCUT2D eigenvalue weighted by atomic mass is 79.9. The van der Waals surface area contributed by atoms with E-state index in [1.54, 1.807) is 0 Å². The van der Waals surface area contributed by atoms with Crippen LogP contribution in [0.2, 0.25) is 0 Å². The van der Waals surface area contributed by atoms with Crippen LogP contribution in [-0.2, 0) is 0 Å². The van der Waals surface area contributed by atoms with E-state index in [9.17, 15) is 0 Å². The number of likely N-dealkylation sites (tertiary alicyclic amines) is 1. The van der Waals surface area contributed by atoms with Crippen molar-refractivity contribution in [3.05, 3.63) is 28.2 Å². The molecule has 1 aliphatic heterocycles. The van der Waals surface area contributed by atoms with E-state index < -0.39 is 0 Å². The van der Waals surface area contributed by atoms with Gasteiger partial charge in [0.1, 0.15) is 4.99 Å². The van der Waals surface area contributed by atoms with Gasteiger partial charge in [0.05, 0.1) is 0 Å². The second-order valence-electron chi connectivity index (χ2n) is 4.94. The summed E-state index contributed by atoms with van der Waals surface area (Å²) in [5.41, 5.74) is 7.67. The molecule has 1 fully saturated rings. The molecule has 0 amide bonds. The average molecular weight is 342 g/mol. The molecule has 0 saturated carbocycles. The number of nitrogens with zero attached hydrogens (tertiary/aromatic N) is 1. The van der Waals surface area contributed by atoms with E-state index in [0.29, 0.717) is 11.0 Å². The number of anilines is 1. The van der Waals surface area contributed by atoms with Crippen molar-refractivity contribution in [1.29, 1.82) is 0 Å². The van der Waals surface area contributed by atoms with Crippen LogP contribution in [0.5, 0.6) is 0 Å². The quantitative estimate of drug-likeness (QED) is 0.826. The van der Waals surface area contributed by atoms with Crippen LogP contribution in [0.1, 0.15) is 25.3 Å². The fourth-order valence-corrected chi connectivity index (χ4v) is 3.40. The van der Waals surface area contributed by atoms with E-state index in [4.69, 9.17) is 18.0 Å². The normalized spacial score (nSPS) is 20.2. The third kappa shape index (κ3) is 3.91. The summed E-state index contributed by atoms with van der Waals surface area (Å²) in [6, 6.07) is 6.59. The SMILES string of the molecule is CCN1CCCC(Nc2ccc(C(N)=S)c(Br)c2)C1. The maximum absolute atomic E-state index is 5.66. The molecule has 104 valence electrons. The summed E-state index contributed by atoms with van der Waals surface area (Å²) < 4.78 is 0.952. The van der Waals surface area contributed by atoms with E-state index >= 15 is 0 Å². The van der Waals surface area contributed by atoms with Crippen molar-refractivity contribution >= 4 is 38.8 Å². The smallest absolute Gasteiger partial charge is 0.105 e. The standard InChI is InChI=1S/C14H20BrN3S/c1-2-18-7-3-4-11(9-18)17-10-5-6-12(14(16)19)13(15)8-10/h5-6,8,11,17H,2-4,7,9H2,1H3,(H2,16,19). The van der Waals surface area contributed by atoms with Gasteiger partial charge in [-0.2, -0.15) is 0 Å². The third-order valence-corrected chi connectivity index (χ3v) is 4.43. The van der Waals surface area contributed by atoms with Crippen molar-refractivity contribution in [2.75, 3.05) is 25.0 Å². The van der Waals surface area contributed by atoms with Crippen molar-refractivity contribution in [2.24, 2.45) is 5.73 Å². The largest absolute Gasteiger partial charge is 0.389 e. The average Bonchev–Trinajstić information content (AvgIpc) is 2.38. The van der Waals surface area contributed by atoms with E-state index in [1.165, 1.54) is 19.4 Å². The summed E-state index contributed by atoms with van der Waals surface area (Å²) in [4.78, 5) is 2.91. The summed E-state index contributed by atoms with van der Waals surface area (Å²) in [5, 5.41) is 3.60. The minimum Gasteiger partial charge on any atom is -0.389 e. The molecule has 19 heavy (non-hydrogen) atoms. The van der Waals surface area contributed by atoms with Crippen molar-refractivity contribution in [2.45, 2.75) is 25.8 Å². The van der Waals surface area contributed by atoms with Crippen LogP contribution >= 0.6 is 28.1 Å². The van der Waals surface area contributed by atoms with Gasteiger partial charge in [-0.1, -0.05) is 19.1 Å². The molecule has 2 rings (SSSR count). The Labute approximate surface area is 128 Å². The van der Waals surface area contributed by atoms with E-state index in [1.807, 2.05) is 12.1 Å². The molecule has 0 bridgehead atoms. The number of piperidine rings is 1. The monoisotopic (exact) mass is 341 g/mol. The van der Waals surface area contributed by atoms with Gasteiger partial charge in [0.2, 0.25) is 0 Å². The molecular formula is C14H20BrN3S. The van der Waals surface area contributed by atoms with E-state index in [0.717, 1.165) is 28.8 Å². The maximum atomic E-state index is 5.66. The van der Waals surface area contributed by atoms with Crippen LogP contribution < -0.4 is 11.1 Å². The molecule has 5 heteroatoms. The molecule has 0 aliphatic carbocycles. The highest BCUT2D eigenvalue weighted by Gasteiger charge is 2.18. The lowest BCUT2D eigenvalue weighted by molar-refractivity contribution is 0.227. The predicted octanol–water partition coefficient (Wildman–Crippen LogP) is 2.98. The molecule has 1 heterocycles. The Morgan fingerprint density at radius 2 is 2.37 bits per heavy atom. The second-order valence-corrected chi connectivity index (χ2v) is 6.23. The number of likely N-dealkylation sites (N-methyl/N-ethyl adjacent to an activating group) is 1. The Bertz CT molecular complexity index is 464. The molecule has 1 aromatic rings. The van der Waals surface area contributed by atoms with Crippen molar-refractivity contribution in [3.63, 3.8) is 0 Å². The lowest BCUT2D eigenvalue weighted by atomic mass is 10.1. The molecule has 1 atom stereocenters. The summed E-state index contributed by atoms with van der Waals surface area (Å²) >= 11 is 8.53. The van der Waals surface area contributed by atoms with Crippen LogP contribution in [0, 0.1) is 0 Å². The molecule has 0 aromatic heterocycles. The van der Waals surface area contributed by atoms with Crippen LogP contribution in [0.15, 0.2) is 22.7 Å². The number of benzene rings is 1. The maximum Gasteiger partial charge on any atom is 0.105 e. The van der Waals surface area contributed by atoms with Crippen LogP contribution in [0.3, 0.4) is 0 Å². The highest BCUT2D eigenvalue weighted by molar-refractivity contribution is 9.10. The van der Waals surface area contributed by atoms with Crippen molar-refractivity contribution in [3.8, 4) is 0 Å². The molecule has 0 spiro atoms. The Hall–Kier alpha value is -0.650. The number of halogens is 1. The fourth-order valence-electron chi connectivity index (χ4n) is 2.50. The highest BCUT2D eigenvalue weighted by Crippen LogP contribution is 2.23. The zero-order valence-electron chi connectivity index (χ0n) is 11.2. The first-order valence-corrected chi connectivity index (χ1v) is 7.88. The number of hydrogen-bond acceptors (Lipinski definition) is 3. The van der Waals surface area contributed by atoms with E-state index in [2.05, 4.69) is 39.1 Å². The topological polar surface area (TPSA) is 41.3 Å². The number of nitrogens with one attached hydrogen (secondary N) is 1. The fraction of sp³-hybridized carbons (Fsp3) is 0.500. The molecule has 0 radical (unpaired) electrons. The van der Waals surface area contributed by atoms with Crippen molar-refractivity contribution in [1.82, 2.24) is 4.90 Å². The Balaban J connectivity index is 2.03. The molecule has 3 nitrogen and oxygen atoms in total. The number of rotatable bonds is 4. The summed E-state index contributed by atoms with van der Waals surface area (Å²) in [7, 11) is 0. The third-order valence-electron chi connectivity index (χ3n) is 3.56. The van der Waals surface area contributed by atoms with Gasteiger partial charge in [-0.05, 0) is 60.1 Å². The van der Waals surface area contributed by atoms with Crippen LogP contribution in [0.4, 0.5) is 5.69 Å². The summed E-state index contributed by atoms with van der Waals surface area (Å²) in [5.74, 6) is 0. The number of nitrogens with two attached hydrogens (primary N) is 1. The summed E-state index contributed by atoms with van der Waals surface area (Å²) in [6.07, 6.45) is 2.49. The Morgan fingerprint density at radius 1 is 1.58 bits per heavy atom. The Morgan fingerprint density at radius 3 is 3.00 bits per heavy atom. The van der Waals surface area contributed by atoms with Gasteiger partial charge in [-0.3, -0.25) is 0 Å². The molecule has 3 N–H and O–H groups in total. The number of hydrogen-bond donors (Lipinski definition) is 2. The van der Waals surface area contributed by atoms with Gasteiger partial charge in [0, 0.05) is 28.3 Å². The lowest BCUT2D eigenvalue weighted by Gasteiger charge is -2.32. The van der Waals surface area contributed by atoms with Gasteiger partial charge in [-0.25, -0.2) is 0 Å². The molecule has 1 aliphatic rings. The molecule has 1 saturated heterocycles. The summed E-state index contributed by atoms with van der Waals surface area (Å²) in [6.45, 7) is 5.68. The minimum absolute atomic E-state index is 0.424. The zero-order valence-corrected chi connectivity index (χ0v) is 13.6. The zero-order chi connectivity index (χ0) is 13.8. The first-order valence-electron chi connectivity index (χ1n) is 6.68. The lowest BCUT2D eigenvalue weighted by Crippen LogP contribution is -2.41. The van der Waals surface area contributed by atoms with Gasteiger partial charge < -0.3 is 16.0 Å². The molecule has 1 aromatic carbocycles. The van der Waals surface area contributed by atoms with Crippen molar-refractivity contribution < 1.29 is 0 Å².